The number of hydrogen-bond acceptors (Lipinski definition) is 5. The molecule has 1 aromatic heterocycles. The molecule has 0 radical (unpaired) electrons. The van der Waals surface area contributed by atoms with E-state index in [4.69, 9.17) is 0 Å². The Bertz CT molecular complexity index is 777. The minimum atomic E-state index is -0.360. The van der Waals surface area contributed by atoms with E-state index in [1.807, 2.05) is 30.3 Å². The summed E-state index contributed by atoms with van der Waals surface area (Å²) in [6.45, 7) is 0. The molecule has 7 heteroatoms. The van der Waals surface area contributed by atoms with Gasteiger partial charge in [-0.25, -0.2) is 4.39 Å². The lowest BCUT2D eigenvalue weighted by Gasteiger charge is -2.04. The Kier molecular flexibility index (Phi) is 4.77. The second kappa shape index (κ2) is 7.15. The number of amides is 1. The maximum atomic E-state index is 13.2. The van der Waals surface area contributed by atoms with E-state index in [-0.39, 0.29) is 17.5 Å². The third-order valence-electron chi connectivity index (χ3n) is 3.05. The molecule has 2 heterocycles. The molecule has 0 unspecified atom stereocenters. The summed E-state index contributed by atoms with van der Waals surface area (Å²) in [6.07, 6.45) is 1.85. The van der Waals surface area contributed by atoms with Crippen molar-refractivity contribution in [2.45, 2.75) is 6.42 Å². The standard InChI is InChI=1S/C16H13FN4OS/c17-11-6-7-18-13(8-11)14-9-16(21-20-14)23-10-15(22)19-12-4-2-1-3-5-12/h1-8H,9-10H2,(H,19,22). The average molecular weight is 328 g/mol. The molecule has 0 spiro atoms. The van der Waals surface area contributed by atoms with Gasteiger partial charge in [0.2, 0.25) is 5.91 Å². The molecule has 3 rings (SSSR count). The molecule has 23 heavy (non-hydrogen) atoms. The number of benzene rings is 1. The van der Waals surface area contributed by atoms with E-state index in [1.54, 1.807) is 0 Å². The van der Waals surface area contributed by atoms with Crippen molar-refractivity contribution in [3.05, 3.63) is 60.2 Å². The molecule has 5 nitrogen and oxygen atoms in total. The van der Waals surface area contributed by atoms with Crippen LogP contribution in [0.25, 0.3) is 0 Å². The SMILES string of the molecule is O=C(CSC1=NN=C(c2cc(F)ccn2)C1)Nc1ccccc1. The van der Waals surface area contributed by atoms with Crippen molar-refractivity contribution in [2.75, 3.05) is 11.1 Å². The van der Waals surface area contributed by atoms with E-state index in [2.05, 4.69) is 20.5 Å². The van der Waals surface area contributed by atoms with Crippen molar-refractivity contribution in [3.8, 4) is 0 Å². The summed E-state index contributed by atoms with van der Waals surface area (Å²) in [5.74, 6) is -0.227. The molecular formula is C16H13FN4OS. The predicted octanol–water partition coefficient (Wildman–Crippen LogP) is 3.10. The van der Waals surface area contributed by atoms with E-state index in [0.717, 1.165) is 5.69 Å². The van der Waals surface area contributed by atoms with Crippen LogP contribution in [0.15, 0.2) is 58.9 Å². The molecule has 116 valence electrons. The lowest BCUT2D eigenvalue weighted by Crippen LogP contribution is -2.15. The maximum Gasteiger partial charge on any atom is 0.234 e. The summed E-state index contributed by atoms with van der Waals surface area (Å²) in [5, 5.41) is 11.6. The van der Waals surface area contributed by atoms with E-state index in [9.17, 15) is 9.18 Å². The minimum absolute atomic E-state index is 0.110. The number of para-hydroxylation sites is 1. The van der Waals surface area contributed by atoms with Crippen LogP contribution in [0.5, 0.6) is 0 Å². The highest BCUT2D eigenvalue weighted by atomic mass is 32.2. The summed E-state index contributed by atoms with van der Waals surface area (Å²) in [7, 11) is 0. The number of anilines is 1. The normalized spacial score (nSPS) is 13.4. The molecule has 1 aromatic carbocycles. The Hall–Kier alpha value is -2.54. The lowest BCUT2D eigenvalue weighted by atomic mass is 10.2. The van der Waals surface area contributed by atoms with Gasteiger partial charge in [-0.1, -0.05) is 30.0 Å². The number of aromatic nitrogens is 1. The maximum absolute atomic E-state index is 13.2. The van der Waals surface area contributed by atoms with Crippen molar-refractivity contribution >= 4 is 34.1 Å². The molecule has 0 atom stereocenters. The number of carbonyl (C=O) groups excluding carboxylic acids is 1. The van der Waals surface area contributed by atoms with Crippen molar-refractivity contribution in [2.24, 2.45) is 10.2 Å². The van der Waals surface area contributed by atoms with Gasteiger partial charge in [0, 0.05) is 24.4 Å². The highest BCUT2D eigenvalue weighted by Crippen LogP contribution is 2.18. The Morgan fingerprint density at radius 1 is 1.22 bits per heavy atom. The molecule has 0 aliphatic carbocycles. The summed E-state index contributed by atoms with van der Waals surface area (Å²) in [6, 6.07) is 11.9. The molecule has 1 N–H and O–H groups in total. The summed E-state index contributed by atoms with van der Waals surface area (Å²) in [4.78, 5) is 16.0. The first kappa shape index (κ1) is 15.4. The average Bonchev–Trinajstić information content (AvgIpc) is 3.03. The van der Waals surface area contributed by atoms with Gasteiger partial charge in [-0.05, 0) is 18.2 Å². The molecule has 2 aromatic rings. The largest absolute Gasteiger partial charge is 0.325 e. The Morgan fingerprint density at radius 2 is 2.04 bits per heavy atom. The molecule has 1 aliphatic heterocycles. The van der Waals surface area contributed by atoms with Crippen LogP contribution in [0.2, 0.25) is 0 Å². The van der Waals surface area contributed by atoms with Crippen molar-refractivity contribution in [3.63, 3.8) is 0 Å². The number of nitrogens with zero attached hydrogens (tertiary/aromatic N) is 3. The van der Waals surface area contributed by atoms with E-state index in [0.29, 0.717) is 22.9 Å². The van der Waals surface area contributed by atoms with Gasteiger partial charge in [0.1, 0.15) is 10.9 Å². The van der Waals surface area contributed by atoms with Crippen LogP contribution in [0.1, 0.15) is 12.1 Å². The zero-order chi connectivity index (χ0) is 16.1. The molecule has 0 saturated carbocycles. The quantitative estimate of drug-likeness (QED) is 0.938. The third kappa shape index (κ3) is 4.23. The number of hydrogen-bond donors (Lipinski definition) is 1. The van der Waals surface area contributed by atoms with E-state index < -0.39 is 0 Å². The fourth-order valence-corrected chi connectivity index (χ4v) is 2.69. The first-order valence-corrected chi connectivity index (χ1v) is 7.92. The monoisotopic (exact) mass is 328 g/mol. The van der Waals surface area contributed by atoms with Gasteiger partial charge in [0.05, 0.1) is 17.2 Å². The second-order valence-electron chi connectivity index (χ2n) is 4.78. The van der Waals surface area contributed by atoms with Crippen molar-refractivity contribution < 1.29 is 9.18 Å². The van der Waals surface area contributed by atoms with Gasteiger partial charge in [-0.2, -0.15) is 5.10 Å². The predicted molar refractivity (Wildman–Crippen MR) is 90.3 cm³/mol. The lowest BCUT2D eigenvalue weighted by molar-refractivity contribution is -0.113. The van der Waals surface area contributed by atoms with Gasteiger partial charge < -0.3 is 5.32 Å². The van der Waals surface area contributed by atoms with Crippen LogP contribution >= 0.6 is 11.8 Å². The van der Waals surface area contributed by atoms with Gasteiger partial charge in [0.15, 0.2) is 0 Å². The number of pyridine rings is 1. The Balaban J connectivity index is 1.49. The highest BCUT2D eigenvalue weighted by Gasteiger charge is 2.17. The zero-order valence-corrected chi connectivity index (χ0v) is 12.9. The molecule has 1 amide bonds. The number of thioether (sulfide) groups is 1. The molecule has 0 fully saturated rings. The number of nitrogens with one attached hydrogen (secondary N) is 1. The van der Waals surface area contributed by atoms with Crippen LogP contribution in [0.3, 0.4) is 0 Å². The van der Waals surface area contributed by atoms with Crippen LogP contribution in [-0.2, 0) is 4.79 Å². The smallest absolute Gasteiger partial charge is 0.234 e. The fourth-order valence-electron chi connectivity index (χ4n) is 1.98. The summed E-state index contributed by atoms with van der Waals surface area (Å²) < 4.78 is 13.2. The second-order valence-corrected chi connectivity index (χ2v) is 5.83. The van der Waals surface area contributed by atoms with Crippen LogP contribution < -0.4 is 5.32 Å². The van der Waals surface area contributed by atoms with Gasteiger partial charge in [-0.3, -0.25) is 9.78 Å². The molecule has 0 bridgehead atoms. The third-order valence-corrected chi connectivity index (χ3v) is 4.01. The molecular weight excluding hydrogens is 315 g/mol. The summed E-state index contributed by atoms with van der Waals surface area (Å²) >= 11 is 1.32. The van der Waals surface area contributed by atoms with E-state index >= 15 is 0 Å². The first-order valence-electron chi connectivity index (χ1n) is 6.94. The fraction of sp³-hybridized carbons (Fsp3) is 0.125. The zero-order valence-electron chi connectivity index (χ0n) is 12.1. The van der Waals surface area contributed by atoms with Crippen molar-refractivity contribution in [1.29, 1.82) is 0 Å². The number of rotatable bonds is 4. The first-order chi connectivity index (χ1) is 11.2. The van der Waals surface area contributed by atoms with E-state index in [1.165, 1.54) is 30.1 Å². The van der Waals surface area contributed by atoms with Crippen molar-refractivity contribution in [1.82, 2.24) is 4.98 Å². The Morgan fingerprint density at radius 3 is 2.83 bits per heavy atom. The van der Waals surface area contributed by atoms with Crippen LogP contribution in [-0.4, -0.2) is 27.4 Å². The van der Waals surface area contributed by atoms with Gasteiger partial charge in [-0.15, -0.1) is 5.10 Å². The highest BCUT2D eigenvalue weighted by molar-refractivity contribution is 8.14. The Labute approximate surface area is 136 Å². The van der Waals surface area contributed by atoms with Gasteiger partial charge in [0.25, 0.3) is 0 Å². The minimum Gasteiger partial charge on any atom is -0.325 e. The van der Waals surface area contributed by atoms with Crippen LogP contribution in [0.4, 0.5) is 10.1 Å². The summed E-state index contributed by atoms with van der Waals surface area (Å²) in [5.41, 5.74) is 1.83. The number of halogens is 1. The molecule has 0 saturated heterocycles. The topological polar surface area (TPSA) is 66.7 Å². The number of carbonyl (C=O) groups is 1. The van der Waals surface area contributed by atoms with Crippen LogP contribution in [0, 0.1) is 5.82 Å². The van der Waals surface area contributed by atoms with Gasteiger partial charge >= 0.3 is 0 Å². The molecule has 1 aliphatic rings.